The van der Waals surface area contributed by atoms with Gasteiger partial charge >= 0.3 is 0 Å². The van der Waals surface area contributed by atoms with Crippen LogP contribution in [0, 0.1) is 5.41 Å². The average molecular weight is 460 g/mol. The number of ketones is 1. The van der Waals surface area contributed by atoms with Gasteiger partial charge in [-0.05, 0) is 41.5 Å². The molecule has 0 radical (unpaired) electrons. The van der Waals surface area contributed by atoms with Crippen LogP contribution in [0.2, 0.25) is 5.02 Å². The van der Waals surface area contributed by atoms with Crippen molar-refractivity contribution < 1.29 is 14.4 Å². The average Bonchev–Trinajstić information content (AvgIpc) is 3.32. The number of aromatic nitrogens is 1. The van der Waals surface area contributed by atoms with E-state index in [0.29, 0.717) is 44.0 Å². The smallest absolute Gasteiger partial charge is 0.265 e. The molecule has 2 N–H and O–H groups in total. The summed E-state index contributed by atoms with van der Waals surface area (Å²) in [6, 6.07) is 8.13. The molecule has 0 atom stereocenters. The van der Waals surface area contributed by atoms with Crippen LogP contribution in [-0.4, -0.2) is 22.6 Å². The molecule has 6 nitrogen and oxygen atoms in total. The Morgan fingerprint density at radius 1 is 1.13 bits per heavy atom. The van der Waals surface area contributed by atoms with E-state index in [1.165, 1.54) is 28.7 Å². The van der Waals surface area contributed by atoms with Crippen molar-refractivity contribution in [3.63, 3.8) is 0 Å². The van der Waals surface area contributed by atoms with Crippen LogP contribution in [-0.2, 0) is 6.42 Å². The third-order valence-corrected chi connectivity index (χ3v) is 6.93. The third kappa shape index (κ3) is 4.30. The number of fused-ring (bicyclic) bond motifs is 1. The lowest BCUT2D eigenvalue weighted by molar-refractivity contribution is 0.0915. The quantitative estimate of drug-likeness (QED) is 0.537. The number of halogens is 1. The Labute approximate surface area is 186 Å². The zero-order chi connectivity index (χ0) is 21.5. The van der Waals surface area contributed by atoms with Crippen LogP contribution >= 0.6 is 34.3 Å². The number of Topliss-reactive ketones (excluding diaryl/α,β-unsaturated/α-hetero) is 1. The van der Waals surface area contributed by atoms with Gasteiger partial charge in [-0.15, -0.1) is 11.3 Å². The summed E-state index contributed by atoms with van der Waals surface area (Å²) in [7, 11) is 0. The normalized spacial score (nSPS) is 14.8. The molecular weight excluding hydrogens is 442 g/mol. The second kappa shape index (κ2) is 7.94. The number of rotatable bonds is 4. The first-order valence-corrected chi connectivity index (χ1v) is 11.3. The number of hydrogen-bond donors (Lipinski definition) is 2. The number of thiazole rings is 1. The molecule has 0 fully saturated rings. The van der Waals surface area contributed by atoms with E-state index in [-0.39, 0.29) is 17.1 Å². The van der Waals surface area contributed by atoms with Gasteiger partial charge in [0.2, 0.25) is 0 Å². The van der Waals surface area contributed by atoms with Crippen molar-refractivity contribution in [2.45, 2.75) is 26.7 Å². The molecule has 1 aliphatic carbocycles. The third-order valence-electron chi connectivity index (χ3n) is 4.68. The minimum atomic E-state index is -0.393. The molecule has 1 aromatic carbocycles. The van der Waals surface area contributed by atoms with Crippen LogP contribution in [0.25, 0.3) is 0 Å². The summed E-state index contributed by atoms with van der Waals surface area (Å²) in [5, 5.41) is 8.00. The maximum Gasteiger partial charge on any atom is 0.265 e. The highest BCUT2D eigenvalue weighted by Gasteiger charge is 2.34. The monoisotopic (exact) mass is 459 g/mol. The molecule has 3 aromatic rings. The maximum atomic E-state index is 12.7. The molecule has 0 unspecified atom stereocenters. The highest BCUT2D eigenvalue weighted by molar-refractivity contribution is 7.17. The molecule has 2 aromatic heterocycles. The van der Waals surface area contributed by atoms with Crippen LogP contribution in [0.15, 0.2) is 35.7 Å². The molecule has 0 spiro atoms. The molecule has 9 heteroatoms. The molecule has 0 saturated carbocycles. The molecule has 2 amide bonds. The largest absolute Gasteiger partial charge is 0.320 e. The van der Waals surface area contributed by atoms with Gasteiger partial charge in [-0.3, -0.25) is 19.7 Å². The van der Waals surface area contributed by atoms with Gasteiger partial charge in [0, 0.05) is 12.0 Å². The fourth-order valence-corrected chi connectivity index (χ4v) is 5.00. The summed E-state index contributed by atoms with van der Waals surface area (Å²) >= 11 is 8.70. The van der Waals surface area contributed by atoms with Crippen molar-refractivity contribution in [1.82, 2.24) is 4.98 Å². The van der Waals surface area contributed by atoms with Gasteiger partial charge in [-0.25, -0.2) is 4.98 Å². The minimum absolute atomic E-state index is 0.0596. The van der Waals surface area contributed by atoms with E-state index in [2.05, 4.69) is 15.6 Å². The van der Waals surface area contributed by atoms with E-state index >= 15 is 0 Å². The second-order valence-corrected chi connectivity index (χ2v) is 10.2. The number of nitrogens with zero attached hydrogens (tertiary/aromatic N) is 1. The summed E-state index contributed by atoms with van der Waals surface area (Å²) in [5.41, 5.74) is 1.26. The molecule has 0 saturated heterocycles. The number of benzene rings is 1. The van der Waals surface area contributed by atoms with Gasteiger partial charge in [-0.2, -0.15) is 0 Å². The second-order valence-electron chi connectivity index (χ2n) is 7.82. The zero-order valence-electron chi connectivity index (χ0n) is 16.2. The van der Waals surface area contributed by atoms with Crippen molar-refractivity contribution >= 4 is 62.7 Å². The Kier molecular flexibility index (Phi) is 5.48. The van der Waals surface area contributed by atoms with E-state index in [4.69, 9.17) is 11.6 Å². The van der Waals surface area contributed by atoms with Gasteiger partial charge in [0.25, 0.3) is 11.8 Å². The first-order valence-electron chi connectivity index (χ1n) is 9.20. The maximum absolute atomic E-state index is 12.7. The standard InChI is InChI=1S/C21H18ClN3O3S2/c1-21(2)9-14-17(15(26)10-21)30-20(24-14)25-18(27)11-5-6-12(22)13(8-11)23-19(28)16-4-3-7-29-16/h3-8H,9-10H2,1-2H3,(H,23,28)(H,24,25,27). The van der Waals surface area contributed by atoms with Gasteiger partial charge in [0.05, 0.1) is 26.2 Å². The summed E-state index contributed by atoms with van der Waals surface area (Å²) in [6.07, 6.45) is 1.17. The Morgan fingerprint density at radius 2 is 1.93 bits per heavy atom. The zero-order valence-corrected chi connectivity index (χ0v) is 18.6. The van der Waals surface area contributed by atoms with Crippen molar-refractivity contribution in [1.29, 1.82) is 0 Å². The van der Waals surface area contributed by atoms with Gasteiger partial charge in [0.15, 0.2) is 10.9 Å². The van der Waals surface area contributed by atoms with Crippen molar-refractivity contribution in [3.05, 3.63) is 61.7 Å². The highest BCUT2D eigenvalue weighted by atomic mass is 35.5. The Balaban J connectivity index is 1.52. The van der Waals surface area contributed by atoms with Crippen LogP contribution in [0.5, 0.6) is 0 Å². The van der Waals surface area contributed by atoms with Gasteiger partial charge in [0.1, 0.15) is 0 Å². The number of amides is 2. The van der Waals surface area contributed by atoms with Crippen molar-refractivity contribution in [2.24, 2.45) is 5.41 Å². The topological polar surface area (TPSA) is 88.2 Å². The van der Waals surface area contributed by atoms with E-state index in [1.807, 2.05) is 13.8 Å². The molecule has 154 valence electrons. The highest BCUT2D eigenvalue weighted by Crippen LogP contribution is 2.38. The first kappa shape index (κ1) is 20.7. The minimum Gasteiger partial charge on any atom is -0.320 e. The number of carbonyl (C=O) groups excluding carboxylic acids is 3. The van der Waals surface area contributed by atoms with E-state index in [1.54, 1.807) is 29.6 Å². The fraction of sp³-hybridized carbons (Fsp3) is 0.238. The lowest BCUT2D eigenvalue weighted by atomic mass is 9.78. The Hall–Kier alpha value is -2.55. The van der Waals surface area contributed by atoms with Crippen molar-refractivity contribution in [2.75, 3.05) is 10.6 Å². The summed E-state index contributed by atoms with van der Waals surface area (Å²) in [6.45, 7) is 4.07. The van der Waals surface area contributed by atoms with Crippen LogP contribution in [0.4, 0.5) is 10.8 Å². The molecule has 2 heterocycles. The summed E-state index contributed by atoms with van der Waals surface area (Å²) < 4.78 is 0. The van der Waals surface area contributed by atoms with E-state index in [0.717, 1.165) is 5.69 Å². The van der Waals surface area contributed by atoms with Crippen LogP contribution < -0.4 is 10.6 Å². The van der Waals surface area contributed by atoms with Gasteiger partial charge in [-0.1, -0.05) is 42.9 Å². The first-order chi connectivity index (χ1) is 14.2. The number of carbonyl (C=O) groups is 3. The predicted molar refractivity (Wildman–Crippen MR) is 120 cm³/mol. The molecular formula is C21H18ClN3O3S2. The van der Waals surface area contributed by atoms with Crippen LogP contribution in [0.1, 0.15) is 55.7 Å². The molecule has 0 bridgehead atoms. The molecule has 0 aliphatic heterocycles. The summed E-state index contributed by atoms with van der Waals surface area (Å²) in [4.78, 5) is 43.0. The summed E-state index contributed by atoms with van der Waals surface area (Å²) in [5.74, 6) is -0.626. The SMILES string of the molecule is CC1(C)CC(=O)c2sc(NC(=O)c3ccc(Cl)c(NC(=O)c4cccs4)c3)nc2C1. The van der Waals surface area contributed by atoms with E-state index < -0.39 is 5.91 Å². The van der Waals surface area contributed by atoms with E-state index in [9.17, 15) is 14.4 Å². The number of thiophene rings is 1. The fourth-order valence-electron chi connectivity index (χ4n) is 3.30. The lowest BCUT2D eigenvalue weighted by Gasteiger charge is -2.26. The van der Waals surface area contributed by atoms with Crippen molar-refractivity contribution in [3.8, 4) is 0 Å². The number of anilines is 2. The Morgan fingerprint density at radius 3 is 2.67 bits per heavy atom. The number of hydrogen-bond acceptors (Lipinski definition) is 6. The molecule has 1 aliphatic rings. The molecule has 4 rings (SSSR count). The van der Waals surface area contributed by atoms with Crippen LogP contribution in [0.3, 0.4) is 0 Å². The number of nitrogens with one attached hydrogen (secondary N) is 2. The Bertz CT molecular complexity index is 1150. The van der Waals surface area contributed by atoms with Gasteiger partial charge < -0.3 is 5.32 Å². The molecule has 30 heavy (non-hydrogen) atoms. The lowest BCUT2D eigenvalue weighted by Crippen LogP contribution is -2.26. The predicted octanol–water partition coefficient (Wildman–Crippen LogP) is 5.52.